The smallest absolute Gasteiger partial charge is 0.303 e. The number of aryl methyl sites for hydroxylation is 1. The van der Waals surface area contributed by atoms with Crippen LogP contribution in [0, 0.1) is 6.92 Å². The van der Waals surface area contributed by atoms with Gasteiger partial charge in [-0.1, -0.05) is 71.9 Å². The van der Waals surface area contributed by atoms with Gasteiger partial charge in [0.25, 0.3) is 16.6 Å². The van der Waals surface area contributed by atoms with Gasteiger partial charge >= 0.3 is 11.9 Å². The number of aromatic nitrogens is 4. The second-order valence-corrected chi connectivity index (χ2v) is 28.2. The Labute approximate surface area is 348 Å². The van der Waals surface area contributed by atoms with Crippen molar-refractivity contribution in [3.8, 4) is 11.5 Å². The lowest BCUT2D eigenvalue weighted by Gasteiger charge is -2.40. The summed E-state index contributed by atoms with van der Waals surface area (Å²) >= 11 is 0. The zero-order chi connectivity index (χ0) is 42.8. The van der Waals surface area contributed by atoms with Gasteiger partial charge in [-0.2, -0.15) is 0 Å². The van der Waals surface area contributed by atoms with Crippen LogP contribution in [0.15, 0.2) is 61.2 Å². The normalized spacial score (nSPS) is 17.8. The van der Waals surface area contributed by atoms with Gasteiger partial charge in [-0.05, 0) is 82.4 Å². The van der Waals surface area contributed by atoms with Crippen molar-refractivity contribution in [2.75, 3.05) is 11.9 Å². The molecule has 0 radical (unpaired) electrons. The summed E-state index contributed by atoms with van der Waals surface area (Å²) in [6.45, 7) is 27.3. The minimum Gasteiger partial charge on any atom is -0.541 e. The van der Waals surface area contributed by atoms with Crippen molar-refractivity contribution in [3.05, 3.63) is 66.7 Å². The lowest BCUT2D eigenvalue weighted by atomic mass is 9.93. The number of rotatable bonds is 10. The van der Waals surface area contributed by atoms with E-state index in [2.05, 4.69) is 133 Å². The largest absolute Gasteiger partial charge is 0.541 e. The van der Waals surface area contributed by atoms with Crippen LogP contribution in [0.2, 0.25) is 36.3 Å². The molecule has 1 N–H and O–H groups in total. The molecule has 3 atom stereocenters. The highest BCUT2D eigenvalue weighted by atomic mass is 28.4. The van der Waals surface area contributed by atoms with Gasteiger partial charge < -0.3 is 28.4 Å². The summed E-state index contributed by atoms with van der Waals surface area (Å²) in [6.07, 6.45) is 1.59. The molecule has 14 heteroatoms. The number of esters is 2. The lowest BCUT2D eigenvalue weighted by Crippen LogP contribution is -2.45. The van der Waals surface area contributed by atoms with Crippen LogP contribution in [0.1, 0.15) is 73.6 Å². The summed E-state index contributed by atoms with van der Waals surface area (Å²) in [5, 5.41) is 10.0. The van der Waals surface area contributed by atoms with Gasteiger partial charge in [0.05, 0.1) is 12.0 Å². The number of benzene rings is 4. The highest BCUT2D eigenvalue weighted by Gasteiger charge is 2.43. The number of imidazole rings is 1. The standard InChI is InChI=1S/C45H57N5O7Si2/c1-26-30-17-15-14-16-29(30)20-33-31(26)18-19-32-39(33)34(21-36(56-58(10,11)44(4,5)6)41(32)57-59(12,13)45(7,8)9)49-42-40-43(47-24-46-42)50(25-48-40)38-22-35(54-28(3)52)37(55-38)23-53-27(2)51/h14-21,24-25,35,37-38H,22-23H2,1-13H3,(H,46,47,49)/t35-,37+,38+/m0/s1. The molecule has 12 nitrogen and oxygen atoms in total. The molecule has 312 valence electrons. The molecular formula is C45H57N5O7Si2. The fourth-order valence-corrected chi connectivity index (χ4v) is 9.23. The molecule has 4 aromatic carbocycles. The maximum absolute atomic E-state index is 12.0. The van der Waals surface area contributed by atoms with Crippen LogP contribution < -0.4 is 14.2 Å². The predicted octanol–water partition coefficient (Wildman–Crippen LogP) is 10.9. The van der Waals surface area contributed by atoms with E-state index in [1.165, 1.54) is 31.1 Å². The average Bonchev–Trinajstić information content (AvgIpc) is 3.75. The minimum atomic E-state index is -2.40. The second-order valence-electron chi connectivity index (χ2n) is 18.8. The number of nitrogens with zero attached hydrogens (tertiary/aromatic N) is 4. The number of hydrogen-bond donors (Lipinski definition) is 1. The monoisotopic (exact) mass is 835 g/mol. The minimum absolute atomic E-state index is 0.0532. The zero-order valence-electron chi connectivity index (χ0n) is 36.6. The van der Waals surface area contributed by atoms with Crippen LogP contribution in [0.3, 0.4) is 0 Å². The number of fused-ring (bicyclic) bond motifs is 5. The summed E-state index contributed by atoms with van der Waals surface area (Å²) in [6, 6.07) is 17.2. The van der Waals surface area contributed by atoms with Crippen LogP contribution in [0.25, 0.3) is 43.5 Å². The number of carbonyl (C=O) groups is 2. The van der Waals surface area contributed by atoms with Gasteiger partial charge in [0.2, 0.25) is 0 Å². The van der Waals surface area contributed by atoms with Crippen molar-refractivity contribution in [3.63, 3.8) is 0 Å². The third-order valence-corrected chi connectivity index (χ3v) is 21.2. The van der Waals surface area contributed by atoms with Crippen molar-refractivity contribution < 1.29 is 32.7 Å². The Hall–Kier alpha value is -5.06. The second kappa shape index (κ2) is 15.2. The highest BCUT2D eigenvalue weighted by molar-refractivity contribution is 6.75. The Kier molecular flexibility index (Phi) is 10.8. The highest BCUT2D eigenvalue weighted by Crippen LogP contribution is 2.51. The molecule has 1 saturated heterocycles. The van der Waals surface area contributed by atoms with Crippen molar-refractivity contribution in [2.45, 2.75) is 123 Å². The third-order valence-electron chi connectivity index (χ3n) is 12.5. The molecule has 1 fully saturated rings. The van der Waals surface area contributed by atoms with E-state index in [4.69, 9.17) is 33.0 Å². The van der Waals surface area contributed by atoms with Gasteiger partial charge in [0.1, 0.15) is 37.1 Å². The van der Waals surface area contributed by atoms with Gasteiger partial charge in [0.15, 0.2) is 22.7 Å². The van der Waals surface area contributed by atoms with Crippen molar-refractivity contribution in [2.24, 2.45) is 0 Å². The third kappa shape index (κ3) is 8.01. The quantitative estimate of drug-likeness (QED) is 0.0611. The Morgan fingerprint density at radius 3 is 2.20 bits per heavy atom. The predicted molar refractivity (Wildman–Crippen MR) is 239 cm³/mol. The molecule has 0 saturated carbocycles. The molecule has 0 amide bonds. The van der Waals surface area contributed by atoms with E-state index >= 15 is 0 Å². The van der Waals surface area contributed by atoms with Crippen molar-refractivity contribution in [1.82, 2.24) is 19.5 Å². The first kappa shape index (κ1) is 42.1. The number of anilines is 2. The molecule has 0 unspecified atom stereocenters. The van der Waals surface area contributed by atoms with Gasteiger partial charge in [-0.3, -0.25) is 14.2 Å². The van der Waals surface area contributed by atoms with E-state index in [1.807, 2.05) is 0 Å². The van der Waals surface area contributed by atoms with Gasteiger partial charge in [-0.25, -0.2) is 15.0 Å². The lowest BCUT2D eigenvalue weighted by molar-refractivity contribution is -0.155. The summed E-state index contributed by atoms with van der Waals surface area (Å²) in [5.41, 5.74) is 3.03. The van der Waals surface area contributed by atoms with E-state index in [9.17, 15) is 9.59 Å². The van der Waals surface area contributed by atoms with E-state index in [1.54, 1.807) is 10.9 Å². The van der Waals surface area contributed by atoms with E-state index in [0.717, 1.165) is 38.4 Å². The van der Waals surface area contributed by atoms with E-state index in [-0.39, 0.29) is 16.7 Å². The first-order chi connectivity index (χ1) is 27.6. The molecular weight excluding hydrogens is 779 g/mol. The number of carbonyl (C=O) groups excluding carboxylic acids is 2. The molecule has 0 bridgehead atoms. The molecule has 2 aromatic heterocycles. The summed E-state index contributed by atoms with van der Waals surface area (Å²) < 4.78 is 33.5. The maximum Gasteiger partial charge on any atom is 0.303 e. The average molecular weight is 836 g/mol. The molecule has 7 rings (SSSR count). The zero-order valence-corrected chi connectivity index (χ0v) is 38.6. The number of hydrogen-bond acceptors (Lipinski definition) is 11. The number of ether oxygens (including phenoxy) is 3. The summed E-state index contributed by atoms with van der Waals surface area (Å²) in [4.78, 5) is 37.8. The van der Waals surface area contributed by atoms with Crippen LogP contribution in [0.4, 0.5) is 11.5 Å². The molecule has 59 heavy (non-hydrogen) atoms. The molecule has 0 aliphatic carbocycles. The summed E-state index contributed by atoms with van der Waals surface area (Å²) in [5.74, 6) is 1.05. The van der Waals surface area contributed by atoms with Crippen molar-refractivity contribution >= 4 is 83.6 Å². The molecule has 6 aromatic rings. The Morgan fingerprint density at radius 2 is 1.53 bits per heavy atom. The number of nitrogens with one attached hydrogen (secondary N) is 1. The van der Waals surface area contributed by atoms with Crippen LogP contribution in [-0.2, 0) is 23.8 Å². The van der Waals surface area contributed by atoms with Crippen LogP contribution >= 0.6 is 0 Å². The van der Waals surface area contributed by atoms with E-state index < -0.39 is 47.0 Å². The Morgan fingerprint density at radius 1 is 0.847 bits per heavy atom. The van der Waals surface area contributed by atoms with E-state index in [0.29, 0.717) is 29.2 Å². The maximum atomic E-state index is 12.0. The molecule has 3 heterocycles. The van der Waals surface area contributed by atoms with Crippen LogP contribution in [0.5, 0.6) is 11.5 Å². The molecule has 0 spiro atoms. The molecule has 1 aliphatic heterocycles. The first-order valence-corrected chi connectivity index (χ1v) is 26.1. The summed E-state index contributed by atoms with van der Waals surface area (Å²) in [7, 11) is -4.78. The topological polar surface area (TPSA) is 136 Å². The fourth-order valence-electron chi connectivity index (χ4n) is 7.20. The molecule has 1 aliphatic rings. The van der Waals surface area contributed by atoms with Gasteiger partial charge in [-0.15, -0.1) is 0 Å². The van der Waals surface area contributed by atoms with Crippen LogP contribution in [-0.4, -0.2) is 66.9 Å². The SMILES string of the molecule is CC(=O)OC[C@H]1O[C@@H](n2cnc3c(Nc4cc(O[Si](C)(C)C(C)(C)C)c(O[Si](C)(C)C(C)(C)C)c5ccc6c(C)c7ccccc7cc6c45)ncnc32)C[C@@H]1OC(C)=O. The Balaban J connectivity index is 1.43. The van der Waals surface area contributed by atoms with Gasteiger partial charge in [0, 0.05) is 37.1 Å². The Bertz CT molecular complexity index is 2610. The fraction of sp³-hybridized carbons (Fsp3) is 0.444. The van der Waals surface area contributed by atoms with Crippen molar-refractivity contribution in [1.29, 1.82) is 0 Å². The first-order valence-electron chi connectivity index (χ1n) is 20.3.